The van der Waals surface area contributed by atoms with Gasteiger partial charge in [-0.15, -0.1) is 0 Å². The van der Waals surface area contributed by atoms with Crippen molar-refractivity contribution in [3.63, 3.8) is 0 Å². The molecule has 0 bridgehead atoms. The molecule has 2 amide bonds. The number of allylic oxidation sites excluding steroid dienone is 3. The van der Waals surface area contributed by atoms with Crippen LogP contribution < -0.4 is 10.6 Å². The lowest BCUT2D eigenvalue weighted by Crippen LogP contribution is -2.50. The molecular weight excluding hydrogens is 216 g/mol. The predicted octanol–water partition coefficient (Wildman–Crippen LogP) is 1.05. The Labute approximate surface area is 101 Å². The highest BCUT2D eigenvalue weighted by Gasteiger charge is 2.25. The molecule has 1 aliphatic carbocycles. The zero-order valence-corrected chi connectivity index (χ0v) is 9.87. The first-order chi connectivity index (χ1) is 8.25. The summed E-state index contributed by atoms with van der Waals surface area (Å²) in [5, 5.41) is 5.55. The zero-order chi connectivity index (χ0) is 12.1. The number of imide groups is 1. The Hall–Kier alpha value is -1.42. The predicted molar refractivity (Wildman–Crippen MR) is 65.2 cm³/mol. The molecule has 0 aromatic heterocycles. The highest BCUT2D eigenvalue weighted by molar-refractivity contribution is 6.00. The molecule has 1 heterocycles. The molecule has 92 valence electrons. The number of hydrogen-bond acceptors (Lipinski definition) is 3. The molecule has 4 heteroatoms. The van der Waals surface area contributed by atoms with Gasteiger partial charge in [-0.1, -0.05) is 23.8 Å². The molecule has 0 radical (unpaired) electrons. The van der Waals surface area contributed by atoms with Crippen LogP contribution in [0.4, 0.5) is 0 Å². The maximum Gasteiger partial charge on any atom is 0.243 e. The fourth-order valence-electron chi connectivity index (χ4n) is 2.13. The van der Waals surface area contributed by atoms with Gasteiger partial charge in [0, 0.05) is 6.42 Å². The summed E-state index contributed by atoms with van der Waals surface area (Å²) >= 11 is 0. The van der Waals surface area contributed by atoms with Crippen molar-refractivity contribution in [1.82, 2.24) is 10.6 Å². The largest absolute Gasteiger partial charge is 0.306 e. The number of hydrogen-bond donors (Lipinski definition) is 2. The number of amides is 2. The Morgan fingerprint density at radius 1 is 1.35 bits per heavy atom. The molecule has 0 aromatic rings. The highest BCUT2D eigenvalue weighted by atomic mass is 16.2. The number of nitrogens with one attached hydrogen (secondary N) is 2. The molecule has 1 atom stereocenters. The first-order valence-electron chi connectivity index (χ1n) is 6.18. The van der Waals surface area contributed by atoms with Crippen LogP contribution >= 0.6 is 0 Å². The number of piperidine rings is 1. The summed E-state index contributed by atoms with van der Waals surface area (Å²) in [7, 11) is 0. The second kappa shape index (κ2) is 5.77. The Balaban J connectivity index is 1.71. The van der Waals surface area contributed by atoms with E-state index in [1.807, 2.05) is 0 Å². The van der Waals surface area contributed by atoms with Crippen molar-refractivity contribution in [3.8, 4) is 0 Å². The van der Waals surface area contributed by atoms with Crippen LogP contribution in [0.25, 0.3) is 0 Å². The number of rotatable bonds is 4. The van der Waals surface area contributed by atoms with Crippen LogP contribution in [-0.2, 0) is 9.59 Å². The van der Waals surface area contributed by atoms with Crippen LogP contribution in [0.3, 0.4) is 0 Å². The van der Waals surface area contributed by atoms with Crippen molar-refractivity contribution < 1.29 is 9.59 Å². The van der Waals surface area contributed by atoms with Crippen molar-refractivity contribution in [3.05, 3.63) is 23.8 Å². The van der Waals surface area contributed by atoms with Crippen LogP contribution in [0.15, 0.2) is 23.8 Å². The van der Waals surface area contributed by atoms with Gasteiger partial charge >= 0.3 is 0 Å². The topological polar surface area (TPSA) is 58.2 Å². The minimum Gasteiger partial charge on any atom is -0.306 e. The average Bonchev–Trinajstić information content (AvgIpc) is 2.33. The van der Waals surface area contributed by atoms with Crippen molar-refractivity contribution >= 4 is 11.8 Å². The van der Waals surface area contributed by atoms with Gasteiger partial charge in [0.15, 0.2) is 0 Å². The molecule has 1 aliphatic heterocycles. The lowest BCUT2D eigenvalue weighted by Gasteiger charge is -2.22. The van der Waals surface area contributed by atoms with Crippen molar-refractivity contribution in [2.24, 2.45) is 0 Å². The summed E-state index contributed by atoms with van der Waals surface area (Å²) < 4.78 is 0. The van der Waals surface area contributed by atoms with E-state index < -0.39 is 0 Å². The van der Waals surface area contributed by atoms with Gasteiger partial charge in [0.1, 0.15) is 0 Å². The SMILES string of the molecule is O=C1CC[C@H](NCCC2=CCCC=C2)C(=O)N1. The molecule has 4 nitrogen and oxygen atoms in total. The lowest BCUT2D eigenvalue weighted by molar-refractivity contribution is -0.134. The van der Waals surface area contributed by atoms with Crippen LogP contribution in [0.2, 0.25) is 0 Å². The van der Waals surface area contributed by atoms with E-state index in [0.717, 1.165) is 25.8 Å². The summed E-state index contributed by atoms with van der Waals surface area (Å²) in [6, 6.07) is -0.208. The van der Waals surface area contributed by atoms with Crippen LogP contribution in [0.5, 0.6) is 0 Å². The number of carbonyl (C=O) groups excluding carboxylic acids is 2. The highest BCUT2D eigenvalue weighted by Crippen LogP contribution is 2.12. The second-order valence-electron chi connectivity index (χ2n) is 4.47. The summed E-state index contributed by atoms with van der Waals surface area (Å²) in [6.45, 7) is 0.780. The normalized spacial score (nSPS) is 24.5. The maximum absolute atomic E-state index is 11.5. The minimum atomic E-state index is -0.208. The van der Waals surface area contributed by atoms with Gasteiger partial charge in [-0.2, -0.15) is 0 Å². The molecular formula is C13H18N2O2. The zero-order valence-electron chi connectivity index (χ0n) is 9.87. The Morgan fingerprint density at radius 3 is 2.94 bits per heavy atom. The molecule has 1 fully saturated rings. The van der Waals surface area contributed by atoms with E-state index >= 15 is 0 Å². The van der Waals surface area contributed by atoms with Crippen molar-refractivity contribution in [2.45, 2.75) is 38.1 Å². The summed E-state index contributed by atoms with van der Waals surface area (Å²) in [4.78, 5) is 22.4. The van der Waals surface area contributed by atoms with E-state index in [1.165, 1.54) is 5.57 Å². The molecule has 0 aromatic carbocycles. The van der Waals surface area contributed by atoms with Crippen LogP contribution in [-0.4, -0.2) is 24.4 Å². The molecule has 2 N–H and O–H groups in total. The smallest absolute Gasteiger partial charge is 0.243 e. The van der Waals surface area contributed by atoms with Gasteiger partial charge in [0.25, 0.3) is 0 Å². The van der Waals surface area contributed by atoms with Gasteiger partial charge in [-0.3, -0.25) is 14.9 Å². The molecule has 17 heavy (non-hydrogen) atoms. The summed E-state index contributed by atoms with van der Waals surface area (Å²) in [5.74, 6) is -0.347. The van der Waals surface area contributed by atoms with Gasteiger partial charge in [0.05, 0.1) is 6.04 Å². The fourth-order valence-corrected chi connectivity index (χ4v) is 2.13. The third-order valence-corrected chi connectivity index (χ3v) is 3.12. The first-order valence-corrected chi connectivity index (χ1v) is 6.18. The molecule has 2 rings (SSSR count). The van der Waals surface area contributed by atoms with Gasteiger partial charge in [0.2, 0.25) is 11.8 Å². The summed E-state index contributed by atoms with van der Waals surface area (Å²) in [5.41, 5.74) is 1.33. The van der Waals surface area contributed by atoms with Crippen molar-refractivity contribution in [1.29, 1.82) is 0 Å². The van der Waals surface area contributed by atoms with Gasteiger partial charge in [-0.05, 0) is 32.2 Å². The fraction of sp³-hybridized carbons (Fsp3) is 0.538. The molecule has 0 saturated carbocycles. The summed E-state index contributed by atoms with van der Waals surface area (Å²) in [6.07, 6.45) is 10.8. The van der Waals surface area contributed by atoms with E-state index in [4.69, 9.17) is 0 Å². The van der Waals surface area contributed by atoms with E-state index in [9.17, 15) is 9.59 Å². The third kappa shape index (κ3) is 3.53. The van der Waals surface area contributed by atoms with Crippen LogP contribution in [0, 0.1) is 0 Å². The standard InChI is InChI=1S/C13H18N2O2/c16-12-7-6-11(13(17)15-12)14-9-8-10-4-2-1-3-5-10/h2,4-5,11,14H,1,3,6-9H2,(H,15,16,17)/t11-/m0/s1. The molecule has 0 spiro atoms. The van der Waals surface area contributed by atoms with E-state index in [2.05, 4.69) is 28.9 Å². The minimum absolute atomic E-state index is 0.161. The van der Waals surface area contributed by atoms with Gasteiger partial charge in [-0.25, -0.2) is 0 Å². The number of carbonyl (C=O) groups is 2. The van der Waals surface area contributed by atoms with E-state index in [0.29, 0.717) is 12.8 Å². The van der Waals surface area contributed by atoms with Crippen LogP contribution in [0.1, 0.15) is 32.1 Å². The van der Waals surface area contributed by atoms with Crippen molar-refractivity contribution in [2.75, 3.05) is 6.54 Å². The average molecular weight is 234 g/mol. The lowest BCUT2D eigenvalue weighted by atomic mass is 10.0. The Morgan fingerprint density at radius 2 is 2.24 bits per heavy atom. The maximum atomic E-state index is 11.5. The first kappa shape index (κ1) is 12.0. The monoisotopic (exact) mass is 234 g/mol. The quantitative estimate of drug-likeness (QED) is 0.715. The third-order valence-electron chi connectivity index (χ3n) is 3.12. The van der Waals surface area contributed by atoms with E-state index in [-0.39, 0.29) is 17.9 Å². The second-order valence-corrected chi connectivity index (χ2v) is 4.47. The van der Waals surface area contributed by atoms with Gasteiger partial charge < -0.3 is 5.32 Å². The van der Waals surface area contributed by atoms with E-state index in [1.54, 1.807) is 0 Å². The molecule has 2 aliphatic rings. The molecule has 1 saturated heterocycles. The Kier molecular flexibility index (Phi) is 4.09. The Bertz CT molecular complexity index is 372. The molecule has 0 unspecified atom stereocenters.